The molecule has 0 spiro atoms. The van der Waals surface area contributed by atoms with Gasteiger partial charge in [-0.15, -0.1) is 0 Å². The van der Waals surface area contributed by atoms with Gasteiger partial charge in [0.05, 0.1) is 5.69 Å². The molecule has 0 bridgehead atoms. The highest BCUT2D eigenvalue weighted by Gasteiger charge is 2.12. The fourth-order valence-electron chi connectivity index (χ4n) is 1.28. The third-order valence-electron chi connectivity index (χ3n) is 1.95. The van der Waals surface area contributed by atoms with Crippen molar-refractivity contribution in [1.82, 2.24) is 9.97 Å². The van der Waals surface area contributed by atoms with Gasteiger partial charge < -0.3 is 10.8 Å². The Kier molecular flexibility index (Phi) is 3.15. The van der Waals surface area contributed by atoms with E-state index in [0.717, 1.165) is 5.56 Å². The number of hydrogen-bond donors (Lipinski definition) is 2. The molecule has 0 aliphatic carbocycles. The van der Waals surface area contributed by atoms with Crippen LogP contribution in [0.1, 0.15) is 0 Å². The first-order valence-electron chi connectivity index (χ1n) is 4.36. The topological polar surface area (TPSA) is 72.0 Å². The van der Waals surface area contributed by atoms with Crippen LogP contribution >= 0.6 is 34.2 Å². The van der Waals surface area contributed by atoms with E-state index in [1.165, 1.54) is 0 Å². The lowest BCUT2D eigenvalue weighted by Gasteiger charge is -2.06. The number of aromatic hydroxyl groups is 1. The molecule has 0 saturated heterocycles. The summed E-state index contributed by atoms with van der Waals surface area (Å²) in [6.45, 7) is 0. The number of halogens is 2. The highest BCUT2D eigenvalue weighted by molar-refractivity contribution is 14.1. The third-order valence-corrected chi connectivity index (χ3v) is 3.18. The third kappa shape index (κ3) is 2.19. The Morgan fingerprint density at radius 1 is 1.31 bits per heavy atom. The number of nitrogen functional groups attached to an aromatic ring is 1. The fraction of sp³-hybridized carbons (Fsp3) is 0. The van der Waals surface area contributed by atoms with Crippen molar-refractivity contribution in [3.8, 4) is 17.1 Å². The molecule has 0 aliphatic heterocycles. The number of rotatable bonds is 1. The minimum absolute atomic E-state index is 0.0351. The molecule has 2 rings (SSSR count). The first-order chi connectivity index (χ1) is 7.58. The lowest BCUT2D eigenvalue weighted by molar-refractivity contribution is 0.449. The largest absolute Gasteiger partial charge is 0.492 e. The standard InChI is InChI=1S/C10H7ClIN3O/c11-6-3-1-2-5(4-6)8-7(12)9(16)15-10(13)14-8/h1-4H,(H3,13,14,15,16). The van der Waals surface area contributed by atoms with Crippen LogP contribution in [0.15, 0.2) is 24.3 Å². The van der Waals surface area contributed by atoms with Crippen molar-refractivity contribution in [2.45, 2.75) is 0 Å². The van der Waals surface area contributed by atoms with Crippen LogP contribution in [-0.4, -0.2) is 15.1 Å². The number of anilines is 1. The van der Waals surface area contributed by atoms with E-state index in [9.17, 15) is 5.11 Å². The quantitative estimate of drug-likeness (QED) is 0.778. The number of nitrogens with zero attached hydrogens (tertiary/aromatic N) is 2. The minimum Gasteiger partial charge on any atom is -0.492 e. The Bertz CT molecular complexity index is 548. The maximum atomic E-state index is 9.54. The zero-order chi connectivity index (χ0) is 11.7. The Balaban J connectivity index is 2.64. The van der Waals surface area contributed by atoms with E-state index in [4.69, 9.17) is 17.3 Å². The van der Waals surface area contributed by atoms with Gasteiger partial charge in [0.1, 0.15) is 3.57 Å². The van der Waals surface area contributed by atoms with Crippen LogP contribution in [0.25, 0.3) is 11.3 Å². The van der Waals surface area contributed by atoms with Crippen molar-refractivity contribution in [3.05, 3.63) is 32.9 Å². The molecular weight excluding hydrogens is 340 g/mol. The van der Waals surface area contributed by atoms with Crippen LogP contribution < -0.4 is 5.73 Å². The van der Waals surface area contributed by atoms with Crippen molar-refractivity contribution in [2.24, 2.45) is 0 Å². The number of benzene rings is 1. The summed E-state index contributed by atoms with van der Waals surface area (Å²) in [7, 11) is 0. The molecule has 1 aromatic heterocycles. The van der Waals surface area contributed by atoms with E-state index in [0.29, 0.717) is 14.3 Å². The lowest BCUT2D eigenvalue weighted by Crippen LogP contribution is -1.99. The van der Waals surface area contributed by atoms with E-state index >= 15 is 0 Å². The van der Waals surface area contributed by atoms with Crippen molar-refractivity contribution in [1.29, 1.82) is 0 Å². The van der Waals surface area contributed by atoms with Gasteiger partial charge in [0.15, 0.2) is 0 Å². The summed E-state index contributed by atoms with van der Waals surface area (Å²) < 4.78 is 0.550. The molecule has 4 nitrogen and oxygen atoms in total. The highest BCUT2D eigenvalue weighted by Crippen LogP contribution is 2.30. The molecule has 1 aromatic carbocycles. The Hall–Kier alpha value is -1.08. The molecule has 6 heteroatoms. The highest BCUT2D eigenvalue weighted by atomic mass is 127. The molecule has 0 atom stereocenters. The Morgan fingerprint density at radius 2 is 2.06 bits per heavy atom. The van der Waals surface area contributed by atoms with Gasteiger partial charge in [-0.05, 0) is 34.7 Å². The predicted molar refractivity (Wildman–Crippen MR) is 71.3 cm³/mol. The van der Waals surface area contributed by atoms with Crippen LogP contribution in [-0.2, 0) is 0 Å². The van der Waals surface area contributed by atoms with E-state index in [1.54, 1.807) is 12.1 Å². The molecule has 0 aliphatic rings. The first kappa shape index (κ1) is 11.4. The van der Waals surface area contributed by atoms with Gasteiger partial charge in [-0.25, -0.2) is 4.98 Å². The Labute approximate surface area is 111 Å². The van der Waals surface area contributed by atoms with Crippen LogP contribution in [0.4, 0.5) is 5.95 Å². The summed E-state index contributed by atoms with van der Waals surface area (Å²) in [5.41, 5.74) is 6.85. The summed E-state index contributed by atoms with van der Waals surface area (Å²) in [6.07, 6.45) is 0. The maximum Gasteiger partial charge on any atom is 0.230 e. The summed E-state index contributed by atoms with van der Waals surface area (Å²) in [5, 5.41) is 10.1. The van der Waals surface area contributed by atoms with Gasteiger partial charge >= 0.3 is 0 Å². The predicted octanol–water partition coefficient (Wildman–Crippen LogP) is 2.69. The van der Waals surface area contributed by atoms with Crippen molar-refractivity contribution < 1.29 is 5.11 Å². The average Bonchev–Trinajstić information content (AvgIpc) is 2.23. The number of hydrogen-bond acceptors (Lipinski definition) is 4. The van der Waals surface area contributed by atoms with E-state index in [1.807, 2.05) is 34.7 Å². The molecule has 16 heavy (non-hydrogen) atoms. The van der Waals surface area contributed by atoms with E-state index < -0.39 is 0 Å². The molecule has 0 radical (unpaired) electrons. The zero-order valence-electron chi connectivity index (χ0n) is 7.98. The minimum atomic E-state index is -0.122. The molecular formula is C10H7ClIN3O. The fourth-order valence-corrected chi connectivity index (χ4v) is 2.02. The van der Waals surface area contributed by atoms with Crippen molar-refractivity contribution >= 4 is 40.1 Å². The number of nitrogens with two attached hydrogens (primary N) is 1. The summed E-state index contributed by atoms with van der Waals surface area (Å²) in [4.78, 5) is 7.75. The van der Waals surface area contributed by atoms with Crippen molar-refractivity contribution in [2.75, 3.05) is 5.73 Å². The summed E-state index contributed by atoms with van der Waals surface area (Å²) >= 11 is 7.85. The molecule has 0 fully saturated rings. The molecule has 0 saturated carbocycles. The number of aromatic nitrogens is 2. The molecule has 1 heterocycles. The first-order valence-corrected chi connectivity index (χ1v) is 5.81. The van der Waals surface area contributed by atoms with Crippen LogP contribution in [0.2, 0.25) is 5.02 Å². The molecule has 82 valence electrons. The second-order valence-electron chi connectivity index (χ2n) is 3.08. The SMILES string of the molecule is Nc1nc(O)c(I)c(-c2cccc(Cl)c2)n1. The molecule has 0 amide bonds. The van der Waals surface area contributed by atoms with Crippen LogP contribution in [0.3, 0.4) is 0 Å². The van der Waals surface area contributed by atoms with Crippen LogP contribution in [0, 0.1) is 3.57 Å². The zero-order valence-corrected chi connectivity index (χ0v) is 10.9. The molecule has 3 N–H and O–H groups in total. The van der Waals surface area contributed by atoms with Gasteiger partial charge in [-0.1, -0.05) is 23.7 Å². The average molecular weight is 348 g/mol. The van der Waals surface area contributed by atoms with Gasteiger partial charge in [-0.3, -0.25) is 0 Å². The maximum absolute atomic E-state index is 9.54. The van der Waals surface area contributed by atoms with Gasteiger partial charge in [0.25, 0.3) is 0 Å². The van der Waals surface area contributed by atoms with Gasteiger partial charge in [-0.2, -0.15) is 4.98 Å². The lowest BCUT2D eigenvalue weighted by atomic mass is 10.1. The van der Waals surface area contributed by atoms with Gasteiger partial charge in [0, 0.05) is 10.6 Å². The normalized spacial score (nSPS) is 10.4. The van der Waals surface area contributed by atoms with E-state index in [2.05, 4.69) is 9.97 Å². The van der Waals surface area contributed by atoms with Crippen LogP contribution in [0.5, 0.6) is 5.88 Å². The van der Waals surface area contributed by atoms with E-state index in [-0.39, 0.29) is 11.8 Å². The second kappa shape index (κ2) is 4.42. The second-order valence-corrected chi connectivity index (χ2v) is 4.59. The summed E-state index contributed by atoms with van der Waals surface area (Å²) in [6, 6.07) is 7.17. The molecule has 0 unspecified atom stereocenters. The summed E-state index contributed by atoms with van der Waals surface area (Å²) in [5.74, 6) is -0.0871. The van der Waals surface area contributed by atoms with Crippen molar-refractivity contribution in [3.63, 3.8) is 0 Å². The smallest absolute Gasteiger partial charge is 0.230 e. The molecule has 2 aromatic rings. The monoisotopic (exact) mass is 347 g/mol. The van der Waals surface area contributed by atoms with Gasteiger partial charge in [0.2, 0.25) is 11.8 Å². The Morgan fingerprint density at radius 3 is 2.75 bits per heavy atom.